The van der Waals surface area contributed by atoms with Crippen LogP contribution in [0, 0.1) is 11.3 Å². The molecule has 4 N–H and O–H groups in total. The molecule has 11 heteroatoms. The van der Waals surface area contributed by atoms with Crippen LogP contribution < -0.4 is 10.6 Å². The topological polar surface area (TPSA) is 119 Å². The zero-order chi connectivity index (χ0) is 33.6. The molecule has 3 aromatic rings. The van der Waals surface area contributed by atoms with E-state index in [2.05, 4.69) is 31.4 Å². The lowest BCUT2D eigenvalue weighted by Gasteiger charge is -2.41. The van der Waals surface area contributed by atoms with Crippen molar-refractivity contribution in [3.05, 3.63) is 89.5 Å². The molecule has 4 rings (SSSR count). The minimum atomic E-state index is -4.62. The number of rotatable bonds is 9. The van der Waals surface area contributed by atoms with Crippen molar-refractivity contribution in [2.45, 2.75) is 71.3 Å². The van der Waals surface area contributed by atoms with Crippen molar-refractivity contribution in [2.75, 3.05) is 11.9 Å². The maximum absolute atomic E-state index is 13.9. The molecule has 1 fully saturated rings. The number of hydrogen-bond donors (Lipinski definition) is 4. The van der Waals surface area contributed by atoms with Gasteiger partial charge in [0.1, 0.15) is 0 Å². The summed E-state index contributed by atoms with van der Waals surface area (Å²) in [5, 5.41) is 23.3. The second-order valence-corrected chi connectivity index (χ2v) is 12.9. The van der Waals surface area contributed by atoms with Gasteiger partial charge in [0.15, 0.2) is 6.10 Å². The second-order valence-electron chi connectivity index (χ2n) is 12.9. The highest BCUT2D eigenvalue weighted by Crippen LogP contribution is 2.40. The molecule has 0 aliphatic heterocycles. The number of benzene rings is 3. The monoisotopic (exact) mass is 639 g/mol. The highest BCUT2D eigenvalue weighted by Gasteiger charge is 2.35. The van der Waals surface area contributed by atoms with Gasteiger partial charge in [-0.05, 0) is 84.0 Å². The highest BCUT2D eigenvalue weighted by molar-refractivity contribution is 5.94. The normalized spacial score (nSPS) is 17.5. The summed E-state index contributed by atoms with van der Waals surface area (Å²) < 4.78 is 41.7. The number of aliphatic carboxylic acids is 1. The van der Waals surface area contributed by atoms with Gasteiger partial charge >= 0.3 is 18.2 Å². The van der Waals surface area contributed by atoms with E-state index < -0.39 is 42.3 Å². The molecule has 0 spiro atoms. The number of nitrogens with zero attached hydrogens (tertiary/aromatic N) is 1. The van der Waals surface area contributed by atoms with Crippen LogP contribution in [0.3, 0.4) is 0 Å². The Hall–Kier alpha value is -4.38. The molecule has 0 unspecified atom stereocenters. The highest BCUT2D eigenvalue weighted by atomic mass is 19.4. The number of carbonyl (C=O) groups is 3. The fraction of sp³-hybridized carbons (Fsp3) is 0.400. The van der Waals surface area contributed by atoms with Crippen LogP contribution in [0.4, 0.5) is 23.7 Å². The molecule has 3 aromatic carbocycles. The van der Waals surface area contributed by atoms with E-state index in [9.17, 15) is 32.7 Å². The summed E-state index contributed by atoms with van der Waals surface area (Å²) in [6.45, 7) is 6.28. The number of aliphatic hydroxyl groups excluding tert-OH is 1. The Kier molecular flexibility index (Phi) is 10.8. The Bertz CT molecular complexity index is 1510. The van der Waals surface area contributed by atoms with Crippen molar-refractivity contribution in [3.8, 4) is 11.1 Å². The second kappa shape index (κ2) is 14.4. The van der Waals surface area contributed by atoms with Crippen LogP contribution in [0.5, 0.6) is 0 Å². The van der Waals surface area contributed by atoms with Crippen LogP contribution in [0.2, 0.25) is 0 Å². The van der Waals surface area contributed by atoms with Crippen LogP contribution in [-0.2, 0) is 17.5 Å². The number of anilines is 1. The van der Waals surface area contributed by atoms with Crippen molar-refractivity contribution in [1.82, 2.24) is 10.2 Å². The first-order chi connectivity index (χ1) is 21.6. The SMILES string of the molecule is CC(C)(C)C1CCC(N(Cc2ccc(C(=O)NC[C@@H](O)C(=O)O)cc2)C(=O)Nc2cc(-c3ccccc3)cc(C(F)(F)F)c2)CC1. The number of halogens is 3. The lowest BCUT2D eigenvalue weighted by atomic mass is 9.71. The van der Waals surface area contributed by atoms with Crippen molar-refractivity contribution < 1.29 is 37.8 Å². The molecule has 0 radical (unpaired) electrons. The van der Waals surface area contributed by atoms with Crippen LogP contribution in [0.15, 0.2) is 72.8 Å². The van der Waals surface area contributed by atoms with E-state index in [1.807, 2.05) is 0 Å². The zero-order valence-electron chi connectivity index (χ0n) is 26.1. The molecular weight excluding hydrogens is 599 g/mol. The summed E-state index contributed by atoms with van der Waals surface area (Å²) in [7, 11) is 0. The molecule has 1 aliphatic carbocycles. The number of urea groups is 1. The fourth-order valence-electron chi connectivity index (χ4n) is 5.81. The van der Waals surface area contributed by atoms with Gasteiger partial charge in [-0.1, -0.05) is 63.2 Å². The molecular formula is C35H40F3N3O5. The fourth-order valence-corrected chi connectivity index (χ4v) is 5.81. The van der Waals surface area contributed by atoms with Crippen molar-refractivity contribution in [2.24, 2.45) is 11.3 Å². The molecule has 1 atom stereocenters. The molecule has 246 valence electrons. The summed E-state index contributed by atoms with van der Waals surface area (Å²) in [6.07, 6.45) is -3.07. The van der Waals surface area contributed by atoms with Gasteiger partial charge in [0.2, 0.25) is 0 Å². The predicted octanol–water partition coefficient (Wildman–Crippen LogP) is 7.19. The first-order valence-electron chi connectivity index (χ1n) is 15.2. The Morgan fingerprint density at radius 1 is 0.891 bits per heavy atom. The number of carboxylic acids is 1. The minimum Gasteiger partial charge on any atom is -0.479 e. The zero-order valence-corrected chi connectivity index (χ0v) is 26.1. The lowest BCUT2D eigenvalue weighted by molar-refractivity contribution is -0.146. The summed E-state index contributed by atoms with van der Waals surface area (Å²) in [6, 6.07) is 17.9. The number of aliphatic hydroxyl groups is 1. The number of carbonyl (C=O) groups excluding carboxylic acids is 2. The smallest absolute Gasteiger partial charge is 0.416 e. The van der Waals surface area contributed by atoms with E-state index in [1.165, 1.54) is 18.2 Å². The van der Waals surface area contributed by atoms with Crippen LogP contribution in [-0.4, -0.2) is 51.7 Å². The minimum absolute atomic E-state index is 0.0302. The van der Waals surface area contributed by atoms with Gasteiger partial charge in [0.05, 0.1) is 12.1 Å². The van der Waals surface area contributed by atoms with E-state index >= 15 is 0 Å². The van der Waals surface area contributed by atoms with Crippen LogP contribution in [0.1, 0.15) is 67.9 Å². The molecule has 0 heterocycles. The Morgan fingerprint density at radius 3 is 2.09 bits per heavy atom. The average Bonchev–Trinajstić information content (AvgIpc) is 3.02. The van der Waals surface area contributed by atoms with E-state index in [-0.39, 0.29) is 29.3 Å². The molecule has 8 nitrogen and oxygen atoms in total. The van der Waals surface area contributed by atoms with Crippen molar-refractivity contribution >= 4 is 23.6 Å². The number of amides is 3. The molecule has 0 bridgehead atoms. The summed E-state index contributed by atoms with van der Waals surface area (Å²) in [5.74, 6) is -1.55. The van der Waals surface area contributed by atoms with Gasteiger partial charge in [0.25, 0.3) is 5.91 Å². The van der Waals surface area contributed by atoms with E-state index in [4.69, 9.17) is 5.11 Å². The first kappa shape index (κ1) is 34.5. The third-order valence-corrected chi connectivity index (χ3v) is 8.55. The third kappa shape index (κ3) is 9.09. The van der Waals surface area contributed by atoms with Gasteiger partial charge in [-0.2, -0.15) is 13.2 Å². The molecule has 1 aliphatic rings. The number of alkyl halides is 3. The Balaban J connectivity index is 1.58. The van der Waals surface area contributed by atoms with Crippen molar-refractivity contribution in [1.29, 1.82) is 0 Å². The van der Waals surface area contributed by atoms with E-state index in [1.54, 1.807) is 47.4 Å². The Morgan fingerprint density at radius 2 is 1.52 bits per heavy atom. The molecule has 1 saturated carbocycles. The standard InChI is InChI=1S/C35H40F3N3O5/c1-34(2,3)26-13-15-29(16-14-26)41(21-22-9-11-24(12-10-22)31(43)39-20-30(42)32(44)45)33(46)40-28-18-25(23-7-5-4-6-8-23)17-27(19-28)35(36,37)38/h4-12,17-19,26,29-30,42H,13-16,20-21H2,1-3H3,(H,39,43)(H,40,46)(H,44,45)/t26?,29?,30-/m1/s1. The van der Waals surface area contributed by atoms with Crippen LogP contribution in [0.25, 0.3) is 11.1 Å². The van der Waals surface area contributed by atoms with Gasteiger partial charge in [-0.15, -0.1) is 0 Å². The molecule has 46 heavy (non-hydrogen) atoms. The number of hydrogen-bond acceptors (Lipinski definition) is 4. The lowest BCUT2D eigenvalue weighted by Crippen LogP contribution is -2.45. The summed E-state index contributed by atoms with van der Waals surface area (Å²) in [5.41, 5.74) is 1.12. The number of nitrogens with one attached hydrogen (secondary N) is 2. The van der Waals surface area contributed by atoms with E-state index in [0.717, 1.165) is 37.8 Å². The van der Waals surface area contributed by atoms with Crippen LogP contribution >= 0.6 is 0 Å². The quantitative estimate of drug-likeness (QED) is 0.198. The average molecular weight is 640 g/mol. The molecule has 0 saturated heterocycles. The Labute approximate surface area is 266 Å². The maximum Gasteiger partial charge on any atom is 0.416 e. The van der Waals surface area contributed by atoms with Gasteiger partial charge in [-0.3, -0.25) is 4.79 Å². The first-order valence-corrected chi connectivity index (χ1v) is 15.2. The third-order valence-electron chi connectivity index (χ3n) is 8.55. The van der Waals surface area contributed by atoms with Gasteiger partial charge < -0.3 is 25.7 Å². The van der Waals surface area contributed by atoms with Crippen molar-refractivity contribution in [3.63, 3.8) is 0 Å². The summed E-state index contributed by atoms with van der Waals surface area (Å²) in [4.78, 5) is 38.8. The summed E-state index contributed by atoms with van der Waals surface area (Å²) >= 11 is 0. The maximum atomic E-state index is 13.9. The number of carboxylic acid groups (broad SMARTS) is 1. The predicted molar refractivity (Wildman–Crippen MR) is 169 cm³/mol. The largest absolute Gasteiger partial charge is 0.479 e. The molecule has 0 aromatic heterocycles. The van der Waals surface area contributed by atoms with Gasteiger partial charge in [0, 0.05) is 23.8 Å². The van der Waals surface area contributed by atoms with E-state index in [0.29, 0.717) is 22.6 Å². The van der Waals surface area contributed by atoms with Gasteiger partial charge in [-0.25, -0.2) is 9.59 Å². The molecule has 3 amide bonds.